The fourth-order valence-electron chi connectivity index (χ4n) is 2.20. The number of carbonyl (C=O) groups is 1. The fraction of sp³-hybridized carbons (Fsp3) is 0.278. The van der Waals surface area contributed by atoms with E-state index in [-0.39, 0.29) is 16.6 Å². The van der Waals surface area contributed by atoms with Crippen molar-refractivity contribution < 1.29 is 17.6 Å². The highest BCUT2D eigenvalue weighted by Crippen LogP contribution is 2.15. The predicted molar refractivity (Wildman–Crippen MR) is 102 cm³/mol. The molecule has 0 aliphatic rings. The van der Waals surface area contributed by atoms with Crippen LogP contribution in [0.5, 0.6) is 0 Å². The standard InChI is InChI=1S/C18H21FN2O3S2/c1-2-21-26(23,24)16-9-7-14(8-10-16)18(22)20-11-12-25-13-15-5-3-4-6-17(15)19/h3-10,21H,2,11-13H2,1H3,(H,20,22). The highest BCUT2D eigenvalue weighted by Gasteiger charge is 2.13. The Kier molecular flexibility index (Phi) is 7.62. The quantitative estimate of drug-likeness (QED) is 0.639. The van der Waals surface area contributed by atoms with Gasteiger partial charge < -0.3 is 5.32 Å². The van der Waals surface area contributed by atoms with Crippen molar-refractivity contribution in [2.75, 3.05) is 18.8 Å². The SMILES string of the molecule is CCNS(=O)(=O)c1ccc(C(=O)NCCSCc2ccccc2F)cc1. The molecule has 2 aromatic carbocycles. The summed E-state index contributed by atoms with van der Waals surface area (Å²) in [5.41, 5.74) is 1.03. The lowest BCUT2D eigenvalue weighted by Crippen LogP contribution is -2.26. The molecule has 0 fully saturated rings. The lowest BCUT2D eigenvalue weighted by molar-refractivity contribution is 0.0956. The number of nitrogens with one attached hydrogen (secondary N) is 2. The summed E-state index contributed by atoms with van der Waals surface area (Å²) in [6, 6.07) is 12.4. The molecule has 0 unspecified atom stereocenters. The summed E-state index contributed by atoms with van der Waals surface area (Å²) in [5, 5.41) is 2.76. The van der Waals surface area contributed by atoms with Crippen LogP contribution in [0.4, 0.5) is 4.39 Å². The normalized spacial score (nSPS) is 11.3. The van der Waals surface area contributed by atoms with Gasteiger partial charge in [0, 0.05) is 30.2 Å². The van der Waals surface area contributed by atoms with Gasteiger partial charge in [-0.1, -0.05) is 25.1 Å². The highest BCUT2D eigenvalue weighted by atomic mass is 32.2. The summed E-state index contributed by atoms with van der Waals surface area (Å²) in [6.45, 7) is 2.44. The molecule has 0 aromatic heterocycles. The van der Waals surface area contributed by atoms with E-state index in [1.54, 1.807) is 25.1 Å². The Hall–Kier alpha value is -1.90. The van der Waals surface area contributed by atoms with Gasteiger partial charge in [-0.25, -0.2) is 17.5 Å². The second kappa shape index (κ2) is 9.70. The van der Waals surface area contributed by atoms with Gasteiger partial charge in [0.15, 0.2) is 0 Å². The van der Waals surface area contributed by atoms with Gasteiger partial charge in [-0.3, -0.25) is 4.79 Å². The molecular weight excluding hydrogens is 375 g/mol. The van der Waals surface area contributed by atoms with E-state index in [0.717, 1.165) is 0 Å². The van der Waals surface area contributed by atoms with Crippen molar-refractivity contribution in [1.82, 2.24) is 10.0 Å². The van der Waals surface area contributed by atoms with Crippen LogP contribution in [0, 0.1) is 5.82 Å². The molecule has 0 heterocycles. The molecule has 0 saturated heterocycles. The number of rotatable bonds is 9. The molecular formula is C18H21FN2O3S2. The summed E-state index contributed by atoms with van der Waals surface area (Å²) in [6.07, 6.45) is 0. The van der Waals surface area contributed by atoms with Crippen molar-refractivity contribution in [1.29, 1.82) is 0 Å². The first kappa shape index (κ1) is 20.4. The van der Waals surface area contributed by atoms with Gasteiger partial charge in [-0.15, -0.1) is 0 Å². The Morgan fingerprint density at radius 1 is 1.12 bits per heavy atom. The number of hydrogen-bond acceptors (Lipinski definition) is 4. The van der Waals surface area contributed by atoms with E-state index in [0.29, 0.717) is 35.7 Å². The molecule has 2 aromatic rings. The first-order valence-corrected chi connectivity index (χ1v) is 10.8. The minimum Gasteiger partial charge on any atom is -0.351 e. The van der Waals surface area contributed by atoms with Gasteiger partial charge >= 0.3 is 0 Å². The second-order valence-corrected chi connectivity index (χ2v) is 8.30. The molecule has 0 spiro atoms. The van der Waals surface area contributed by atoms with E-state index < -0.39 is 10.0 Å². The average molecular weight is 397 g/mol. The molecule has 0 bridgehead atoms. The zero-order valence-electron chi connectivity index (χ0n) is 14.4. The van der Waals surface area contributed by atoms with Crippen molar-refractivity contribution >= 4 is 27.7 Å². The third-order valence-corrected chi connectivity index (χ3v) is 6.08. The van der Waals surface area contributed by atoms with Gasteiger partial charge in [0.25, 0.3) is 5.91 Å². The second-order valence-electron chi connectivity index (χ2n) is 5.43. The largest absolute Gasteiger partial charge is 0.351 e. The van der Waals surface area contributed by atoms with Crippen LogP contribution in [-0.4, -0.2) is 33.2 Å². The molecule has 0 aliphatic carbocycles. The first-order valence-electron chi connectivity index (χ1n) is 8.13. The maximum atomic E-state index is 13.5. The maximum absolute atomic E-state index is 13.5. The zero-order chi connectivity index (χ0) is 19.0. The number of hydrogen-bond donors (Lipinski definition) is 2. The molecule has 0 radical (unpaired) electrons. The van der Waals surface area contributed by atoms with Crippen LogP contribution in [0.25, 0.3) is 0 Å². The lowest BCUT2D eigenvalue weighted by Gasteiger charge is -2.07. The van der Waals surface area contributed by atoms with E-state index in [4.69, 9.17) is 0 Å². The maximum Gasteiger partial charge on any atom is 0.251 e. The highest BCUT2D eigenvalue weighted by molar-refractivity contribution is 7.98. The Morgan fingerprint density at radius 2 is 1.81 bits per heavy atom. The van der Waals surface area contributed by atoms with Crippen LogP contribution in [0.3, 0.4) is 0 Å². The molecule has 140 valence electrons. The van der Waals surface area contributed by atoms with Crippen LogP contribution in [-0.2, 0) is 15.8 Å². The van der Waals surface area contributed by atoms with E-state index in [1.807, 2.05) is 0 Å². The zero-order valence-corrected chi connectivity index (χ0v) is 16.0. The van der Waals surface area contributed by atoms with Crippen LogP contribution in [0.1, 0.15) is 22.8 Å². The monoisotopic (exact) mass is 396 g/mol. The summed E-state index contributed by atoms with van der Waals surface area (Å²) < 4.78 is 39.6. The number of sulfonamides is 1. The molecule has 0 saturated carbocycles. The van der Waals surface area contributed by atoms with E-state index in [9.17, 15) is 17.6 Å². The summed E-state index contributed by atoms with van der Waals surface area (Å²) in [7, 11) is -3.52. The van der Waals surface area contributed by atoms with Gasteiger partial charge in [0.1, 0.15) is 5.82 Å². The van der Waals surface area contributed by atoms with Gasteiger partial charge in [-0.05, 0) is 35.9 Å². The Morgan fingerprint density at radius 3 is 2.46 bits per heavy atom. The van der Waals surface area contributed by atoms with Crippen LogP contribution >= 0.6 is 11.8 Å². The average Bonchev–Trinajstić information content (AvgIpc) is 2.63. The molecule has 2 rings (SSSR count). The van der Waals surface area contributed by atoms with Crippen molar-refractivity contribution in [2.45, 2.75) is 17.6 Å². The summed E-state index contributed by atoms with van der Waals surface area (Å²) >= 11 is 1.53. The van der Waals surface area contributed by atoms with Crippen molar-refractivity contribution in [3.63, 3.8) is 0 Å². The molecule has 0 atom stereocenters. The van der Waals surface area contributed by atoms with Crippen LogP contribution in [0.15, 0.2) is 53.4 Å². The summed E-state index contributed by atoms with van der Waals surface area (Å²) in [5.74, 6) is 0.687. The number of benzene rings is 2. The van der Waals surface area contributed by atoms with Crippen LogP contribution in [0.2, 0.25) is 0 Å². The molecule has 26 heavy (non-hydrogen) atoms. The fourth-order valence-corrected chi connectivity index (χ4v) is 4.08. The van der Waals surface area contributed by atoms with Crippen molar-refractivity contribution in [3.8, 4) is 0 Å². The Balaban J connectivity index is 1.78. The Bertz CT molecular complexity index is 840. The number of halogens is 1. The van der Waals surface area contributed by atoms with E-state index in [2.05, 4.69) is 10.0 Å². The topological polar surface area (TPSA) is 75.3 Å². The third kappa shape index (κ3) is 5.82. The first-order chi connectivity index (χ1) is 12.4. The van der Waals surface area contributed by atoms with Gasteiger partial charge in [0.05, 0.1) is 4.90 Å². The molecule has 8 heteroatoms. The minimum absolute atomic E-state index is 0.122. The van der Waals surface area contributed by atoms with E-state index in [1.165, 1.54) is 42.1 Å². The van der Waals surface area contributed by atoms with Crippen LogP contribution < -0.4 is 10.0 Å². The summed E-state index contributed by atoms with van der Waals surface area (Å²) in [4.78, 5) is 12.2. The lowest BCUT2D eigenvalue weighted by atomic mass is 10.2. The Labute approximate surface area is 157 Å². The van der Waals surface area contributed by atoms with Gasteiger partial charge in [0.2, 0.25) is 10.0 Å². The molecule has 0 aliphatic heterocycles. The van der Waals surface area contributed by atoms with E-state index >= 15 is 0 Å². The van der Waals surface area contributed by atoms with Gasteiger partial charge in [-0.2, -0.15) is 11.8 Å². The number of carbonyl (C=O) groups excluding carboxylic acids is 1. The number of amides is 1. The molecule has 1 amide bonds. The predicted octanol–water partition coefficient (Wildman–Crippen LogP) is 2.79. The number of thioether (sulfide) groups is 1. The minimum atomic E-state index is -3.52. The smallest absolute Gasteiger partial charge is 0.251 e. The van der Waals surface area contributed by atoms with Crippen molar-refractivity contribution in [3.05, 3.63) is 65.5 Å². The molecule has 2 N–H and O–H groups in total. The molecule has 5 nitrogen and oxygen atoms in total. The third-order valence-electron chi connectivity index (χ3n) is 3.51. The van der Waals surface area contributed by atoms with Crippen molar-refractivity contribution in [2.24, 2.45) is 0 Å².